The van der Waals surface area contributed by atoms with Crippen LogP contribution in [0.1, 0.15) is 0 Å². The van der Waals surface area contributed by atoms with E-state index in [4.69, 9.17) is 9.84 Å². The number of phenols is 1. The third-order valence-corrected chi connectivity index (χ3v) is 7.10. The Kier molecular flexibility index (Phi) is 6.62. The number of benzene rings is 4. The van der Waals surface area contributed by atoms with E-state index in [9.17, 15) is 22.7 Å². The highest BCUT2D eigenvalue weighted by Crippen LogP contribution is 2.40. The monoisotopic (exact) mass is 499 g/mol. The first kappa shape index (κ1) is 23.4. The lowest BCUT2D eigenvalue weighted by Gasteiger charge is -2.15. The molecule has 0 aromatic heterocycles. The molecule has 0 aliphatic heterocycles. The second-order valence-electron chi connectivity index (χ2n) is 7.14. The summed E-state index contributed by atoms with van der Waals surface area (Å²) in [4.78, 5) is 11.1. The maximum atomic E-state index is 13.4. The van der Waals surface area contributed by atoms with Gasteiger partial charge in [-0.3, -0.25) is 9.52 Å². The molecule has 0 aliphatic carbocycles. The highest BCUT2D eigenvalue weighted by molar-refractivity contribution is 8.00. The standard InChI is InChI=1S/C24H18FNO6S2/c25-15-5-3-6-16(11-15)32-17-7-4-8-18(12-17)34(30,31)26-21-13-22(33-14-23(27)28)24(29)20-10-2-1-9-19(20)21/h1-13,26,29H,14H2,(H,27,28). The van der Waals surface area contributed by atoms with Gasteiger partial charge < -0.3 is 14.9 Å². The summed E-state index contributed by atoms with van der Waals surface area (Å²) >= 11 is 0.876. The van der Waals surface area contributed by atoms with Crippen molar-refractivity contribution in [3.8, 4) is 17.2 Å². The van der Waals surface area contributed by atoms with Crippen LogP contribution in [0.3, 0.4) is 0 Å². The zero-order valence-electron chi connectivity index (χ0n) is 17.4. The van der Waals surface area contributed by atoms with E-state index in [1.165, 1.54) is 42.5 Å². The molecule has 7 nitrogen and oxygen atoms in total. The molecule has 0 heterocycles. The fourth-order valence-electron chi connectivity index (χ4n) is 3.24. The Morgan fingerprint density at radius 3 is 2.32 bits per heavy atom. The van der Waals surface area contributed by atoms with Crippen LogP contribution in [0.5, 0.6) is 17.2 Å². The highest BCUT2D eigenvalue weighted by atomic mass is 32.2. The third kappa shape index (κ3) is 5.24. The summed E-state index contributed by atoms with van der Waals surface area (Å²) in [5.41, 5.74) is 0.178. The van der Waals surface area contributed by atoms with Crippen LogP contribution in [0.4, 0.5) is 10.1 Å². The molecule has 3 N–H and O–H groups in total. The van der Waals surface area contributed by atoms with Crippen LogP contribution in [-0.2, 0) is 14.8 Å². The van der Waals surface area contributed by atoms with E-state index in [2.05, 4.69) is 4.72 Å². The van der Waals surface area contributed by atoms with Gasteiger partial charge in [0.1, 0.15) is 23.1 Å². The molecule has 0 spiro atoms. The first-order chi connectivity index (χ1) is 16.2. The third-order valence-electron chi connectivity index (χ3n) is 4.72. The number of thioether (sulfide) groups is 1. The minimum Gasteiger partial charge on any atom is -0.506 e. The molecular formula is C24H18FNO6S2. The lowest BCUT2D eigenvalue weighted by molar-refractivity contribution is -0.133. The van der Waals surface area contributed by atoms with Crippen molar-refractivity contribution in [2.45, 2.75) is 9.79 Å². The van der Waals surface area contributed by atoms with E-state index in [-0.39, 0.29) is 38.5 Å². The Labute approximate surface area is 198 Å². The lowest BCUT2D eigenvalue weighted by Crippen LogP contribution is -2.13. The van der Waals surface area contributed by atoms with Crippen molar-refractivity contribution >= 4 is 44.2 Å². The molecule has 0 fully saturated rings. The number of aliphatic carboxylic acids is 1. The Bertz CT molecular complexity index is 1490. The average molecular weight is 500 g/mol. The van der Waals surface area contributed by atoms with Gasteiger partial charge in [-0.15, -0.1) is 11.8 Å². The van der Waals surface area contributed by atoms with Crippen molar-refractivity contribution < 1.29 is 32.6 Å². The van der Waals surface area contributed by atoms with Gasteiger partial charge in [-0.05, 0) is 30.3 Å². The lowest BCUT2D eigenvalue weighted by atomic mass is 10.1. The molecule has 10 heteroatoms. The molecule has 0 saturated heterocycles. The topological polar surface area (TPSA) is 113 Å². The molecule has 0 amide bonds. The van der Waals surface area contributed by atoms with E-state index >= 15 is 0 Å². The van der Waals surface area contributed by atoms with Crippen LogP contribution in [0, 0.1) is 5.82 Å². The van der Waals surface area contributed by atoms with Gasteiger partial charge in [0.05, 0.1) is 21.2 Å². The number of aromatic hydroxyl groups is 1. The molecule has 4 aromatic carbocycles. The zero-order chi connectivity index (χ0) is 24.3. The second kappa shape index (κ2) is 9.62. The molecule has 4 rings (SSSR count). The van der Waals surface area contributed by atoms with E-state index in [0.29, 0.717) is 10.8 Å². The molecule has 0 radical (unpaired) electrons. The molecule has 0 atom stereocenters. The van der Waals surface area contributed by atoms with Gasteiger partial charge in [-0.2, -0.15) is 0 Å². The van der Waals surface area contributed by atoms with Crippen molar-refractivity contribution in [1.82, 2.24) is 0 Å². The van der Waals surface area contributed by atoms with E-state index in [1.807, 2.05) is 0 Å². The first-order valence-corrected chi connectivity index (χ1v) is 12.4. The maximum Gasteiger partial charge on any atom is 0.313 e. The predicted molar refractivity (Wildman–Crippen MR) is 128 cm³/mol. The van der Waals surface area contributed by atoms with Crippen molar-refractivity contribution in [3.05, 3.63) is 84.7 Å². The molecule has 0 unspecified atom stereocenters. The minimum absolute atomic E-state index is 0.0988. The largest absolute Gasteiger partial charge is 0.506 e. The number of carboxylic acids is 1. The summed E-state index contributed by atoms with van der Waals surface area (Å²) in [5.74, 6) is -1.59. The summed E-state index contributed by atoms with van der Waals surface area (Å²) in [6.45, 7) is 0. The number of hydrogen-bond acceptors (Lipinski definition) is 6. The summed E-state index contributed by atoms with van der Waals surface area (Å²) < 4.78 is 47.9. The number of sulfonamides is 1. The first-order valence-electron chi connectivity index (χ1n) is 9.88. The summed E-state index contributed by atoms with van der Waals surface area (Å²) in [6, 6.07) is 19.2. The quantitative estimate of drug-likeness (QED) is 0.218. The van der Waals surface area contributed by atoms with Gasteiger partial charge >= 0.3 is 5.97 Å². The van der Waals surface area contributed by atoms with Crippen LogP contribution < -0.4 is 9.46 Å². The average Bonchev–Trinajstić information content (AvgIpc) is 2.80. The SMILES string of the molecule is O=C(O)CSc1cc(NS(=O)(=O)c2cccc(Oc3cccc(F)c3)c2)c2ccccc2c1O. The number of carbonyl (C=O) groups is 1. The Morgan fingerprint density at radius 2 is 1.62 bits per heavy atom. The minimum atomic E-state index is -4.10. The van der Waals surface area contributed by atoms with Crippen LogP contribution in [-0.4, -0.2) is 30.4 Å². The molecule has 34 heavy (non-hydrogen) atoms. The van der Waals surface area contributed by atoms with Crippen molar-refractivity contribution in [3.63, 3.8) is 0 Å². The van der Waals surface area contributed by atoms with Crippen LogP contribution in [0.25, 0.3) is 10.8 Å². The van der Waals surface area contributed by atoms with Crippen LogP contribution in [0.15, 0.2) is 88.7 Å². The second-order valence-corrected chi connectivity index (χ2v) is 9.84. The number of phenolic OH excluding ortho intramolecular Hbond substituents is 1. The van der Waals surface area contributed by atoms with Gasteiger partial charge in [-0.1, -0.05) is 36.4 Å². The smallest absolute Gasteiger partial charge is 0.313 e. The van der Waals surface area contributed by atoms with Crippen molar-refractivity contribution in [2.75, 3.05) is 10.5 Å². The van der Waals surface area contributed by atoms with Crippen LogP contribution in [0.2, 0.25) is 0 Å². The molecule has 0 saturated carbocycles. The number of anilines is 1. The van der Waals surface area contributed by atoms with Gasteiger partial charge in [0.15, 0.2) is 0 Å². The molecule has 4 aromatic rings. The number of ether oxygens (including phenoxy) is 1. The van der Waals surface area contributed by atoms with Gasteiger partial charge in [0, 0.05) is 22.9 Å². The number of carboxylic acid groups (broad SMARTS) is 1. The normalized spacial score (nSPS) is 11.3. The van der Waals surface area contributed by atoms with Crippen molar-refractivity contribution in [2.24, 2.45) is 0 Å². The fourth-order valence-corrected chi connectivity index (χ4v) is 5.08. The molecule has 0 bridgehead atoms. The van der Waals surface area contributed by atoms with E-state index in [0.717, 1.165) is 11.8 Å². The van der Waals surface area contributed by atoms with Gasteiger partial charge in [0.25, 0.3) is 10.0 Å². The summed E-state index contributed by atoms with van der Waals surface area (Å²) in [7, 11) is -4.10. The Balaban J connectivity index is 1.69. The number of rotatable bonds is 8. The fraction of sp³-hybridized carbons (Fsp3) is 0.0417. The summed E-state index contributed by atoms with van der Waals surface area (Å²) in [6.07, 6.45) is 0. The predicted octanol–water partition coefficient (Wildman–Crippen LogP) is 5.45. The number of fused-ring (bicyclic) bond motifs is 1. The Hall–Kier alpha value is -3.76. The number of halogens is 1. The van der Waals surface area contributed by atoms with E-state index < -0.39 is 21.8 Å². The Morgan fingerprint density at radius 1 is 0.941 bits per heavy atom. The van der Waals surface area contributed by atoms with Gasteiger partial charge in [0.2, 0.25) is 0 Å². The van der Waals surface area contributed by atoms with Gasteiger partial charge in [-0.25, -0.2) is 12.8 Å². The van der Waals surface area contributed by atoms with E-state index in [1.54, 1.807) is 36.4 Å². The molecular weight excluding hydrogens is 481 g/mol. The number of hydrogen-bond donors (Lipinski definition) is 3. The highest BCUT2D eigenvalue weighted by Gasteiger charge is 2.20. The zero-order valence-corrected chi connectivity index (χ0v) is 19.1. The van der Waals surface area contributed by atoms with Crippen molar-refractivity contribution in [1.29, 1.82) is 0 Å². The molecule has 0 aliphatic rings. The molecule has 174 valence electrons. The summed E-state index contributed by atoms with van der Waals surface area (Å²) in [5, 5.41) is 20.4. The number of nitrogens with one attached hydrogen (secondary N) is 1. The van der Waals surface area contributed by atoms with Crippen LogP contribution >= 0.6 is 11.8 Å². The maximum absolute atomic E-state index is 13.4.